The lowest BCUT2D eigenvalue weighted by atomic mass is 9.84. The van der Waals surface area contributed by atoms with Crippen LogP contribution in [0.4, 0.5) is 0 Å². The highest BCUT2D eigenvalue weighted by Crippen LogP contribution is 2.47. The van der Waals surface area contributed by atoms with Crippen molar-refractivity contribution >= 4 is 11.6 Å². The van der Waals surface area contributed by atoms with Crippen LogP contribution < -0.4 is 19.9 Å². The Kier molecular flexibility index (Phi) is 5.49. The summed E-state index contributed by atoms with van der Waals surface area (Å²) < 4.78 is 18.7. The molecule has 3 aromatic rings. The van der Waals surface area contributed by atoms with Crippen LogP contribution in [0.25, 0.3) is 5.69 Å². The van der Waals surface area contributed by atoms with Gasteiger partial charge in [0, 0.05) is 0 Å². The summed E-state index contributed by atoms with van der Waals surface area (Å²) in [4.78, 5) is 0. The summed E-state index contributed by atoms with van der Waals surface area (Å²) in [5.74, 6) is 0.905. The first kappa shape index (κ1) is 20.6. The molecule has 1 atom stereocenters. The molecule has 0 bridgehead atoms. The van der Waals surface area contributed by atoms with Crippen molar-refractivity contribution in [3.05, 3.63) is 75.8 Å². The number of hydrogen-bond acceptors (Lipinski definition) is 6. The van der Waals surface area contributed by atoms with Crippen molar-refractivity contribution in [2.45, 2.75) is 19.8 Å². The second-order valence-corrected chi connectivity index (χ2v) is 7.35. The molecule has 0 radical (unpaired) electrons. The number of ether oxygens (including phenoxy) is 3. The fraction of sp³-hybridized carbons (Fsp3) is 0.217. The highest BCUT2D eigenvalue weighted by molar-refractivity contribution is 6.32. The number of halogens is 1. The van der Waals surface area contributed by atoms with Gasteiger partial charge in [-0.25, -0.2) is 4.68 Å². The summed E-state index contributed by atoms with van der Waals surface area (Å²) in [6.45, 7) is 4.18. The molecule has 2 N–H and O–H groups in total. The van der Waals surface area contributed by atoms with E-state index in [-0.39, 0.29) is 11.5 Å². The minimum Gasteiger partial charge on any atom is -0.491 e. The third-order valence-corrected chi connectivity index (χ3v) is 5.38. The van der Waals surface area contributed by atoms with Crippen molar-refractivity contribution in [2.24, 2.45) is 5.73 Å². The predicted molar refractivity (Wildman–Crippen MR) is 117 cm³/mol. The lowest BCUT2D eigenvalue weighted by Gasteiger charge is -2.25. The average molecular weight is 437 g/mol. The van der Waals surface area contributed by atoms with Gasteiger partial charge in [0.25, 0.3) is 0 Å². The summed E-state index contributed by atoms with van der Waals surface area (Å²) in [5, 5.41) is 14.9. The van der Waals surface area contributed by atoms with Gasteiger partial charge in [0.15, 0.2) is 11.5 Å². The number of nitriles is 1. The van der Waals surface area contributed by atoms with Gasteiger partial charge in [0.2, 0.25) is 11.8 Å². The monoisotopic (exact) mass is 436 g/mol. The zero-order chi connectivity index (χ0) is 22.1. The third kappa shape index (κ3) is 3.45. The van der Waals surface area contributed by atoms with Crippen LogP contribution in [0, 0.1) is 18.3 Å². The number of aryl methyl sites for hydroxylation is 1. The van der Waals surface area contributed by atoms with Gasteiger partial charge in [-0.3, -0.25) is 0 Å². The second kappa shape index (κ2) is 8.25. The first-order valence-corrected chi connectivity index (χ1v) is 10.1. The molecule has 1 aliphatic rings. The standard InChI is InChI=1S/C23H21ClN4O3/c1-4-30-18-11-14(10-17(24)21(18)29-3)20-16(12-25)22(26)31-23-19(20)13(2)27-28(23)15-8-6-5-7-9-15/h5-11,20H,4,26H2,1-3H3. The molecular formula is C23H21ClN4O3. The van der Waals surface area contributed by atoms with Crippen LogP contribution in [0.15, 0.2) is 53.9 Å². The van der Waals surface area contributed by atoms with E-state index in [0.717, 1.165) is 16.8 Å². The van der Waals surface area contributed by atoms with E-state index in [9.17, 15) is 5.26 Å². The second-order valence-electron chi connectivity index (χ2n) is 6.94. The fourth-order valence-corrected chi connectivity index (χ4v) is 4.10. The molecule has 158 valence electrons. The molecule has 0 fully saturated rings. The summed E-state index contributed by atoms with van der Waals surface area (Å²) in [6.07, 6.45) is 0. The Morgan fingerprint density at radius 3 is 2.68 bits per heavy atom. The quantitative estimate of drug-likeness (QED) is 0.634. The van der Waals surface area contributed by atoms with Crippen molar-refractivity contribution in [3.63, 3.8) is 0 Å². The van der Waals surface area contributed by atoms with Gasteiger partial charge in [-0.15, -0.1) is 0 Å². The minimum atomic E-state index is -0.520. The molecule has 0 spiro atoms. The number of para-hydroxylation sites is 1. The maximum Gasteiger partial charge on any atom is 0.229 e. The molecule has 2 heterocycles. The Morgan fingerprint density at radius 1 is 1.29 bits per heavy atom. The number of allylic oxidation sites excluding steroid dienone is 1. The summed E-state index contributed by atoms with van der Waals surface area (Å²) >= 11 is 6.50. The van der Waals surface area contributed by atoms with E-state index in [1.165, 1.54) is 7.11 Å². The Balaban J connectivity index is 1.96. The van der Waals surface area contributed by atoms with E-state index in [1.54, 1.807) is 10.7 Å². The van der Waals surface area contributed by atoms with E-state index < -0.39 is 5.92 Å². The number of hydrogen-bond donors (Lipinski definition) is 1. The molecule has 1 aromatic heterocycles. The molecule has 0 aliphatic carbocycles. The largest absolute Gasteiger partial charge is 0.491 e. The van der Waals surface area contributed by atoms with Gasteiger partial charge in [0.1, 0.15) is 11.6 Å². The van der Waals surface area contributed by atoms with Crippen molar-refractivity contribution in [1.82, 2.24) is 9.78 Å². The normalized spacial score (nSPS) is 15.1. The third-order valence-electron chi connectivity index (χ3n) is 5.10. The van der Waals surface area contributed by atoms with Crippen molar-refractivity contribution in [3.8, 4) is 29.1 Å². The Bertz CT molecular complexity index is 1210. The predicted octanol–water partition coefficient (Wildman–Crippen LogP) is 4.46. The lowest BCUT2D eigenvalue weighted by molar-refractivity contribution is 0.310. The molecule has 31 heavy (non-hydrogen) atoms. The van der Waals surface area contributed by atoms with E-state index in [4.69, 9.17) is 31.5 Å². The average Bonchev–Trinajstić information content (AvgIpc) is 3.09. The van der Waals surface area contributed by atoms with Crippen molar-refractivity contribution in [2.75, 3.05) is 13.7 Å². The zero-order valence-corrected chi connectivity index (χ0v) is 18.1. The van der Waals surface area contributed by atoms with Gasteiger partial charge in [-0.05, 0) is 43.7 Å². The van der Waals surface area contributed by atoms with Crippen LogP contribution in [-0.4, -0.2) is 23.5 Å². The van der Waals surface area contributed by atoms with Crippen LogP contribution in [0.2, 0.25) is 5.02 Å². The molecule has 8 heteroatoms. The molecule has 1 unspecified atom stereocenters. The topological polar surface area (TPSA) is 95.3 Å². The van der Waals surface area contributed by atoms with E-state index >= 15 is 0 Å². The van der Waals surface area contributed by atoms with E-state index in [0.29, 0.717) is 34.7 Å². The highest BCUT2D eigenvalue weighted by atomic mass is 35.5. The van der Waals surface area contributed by atoms with Crippen LogP contribution >= 0.6 is 11.6 Å². The number of nitrogens with two attached hydrogens (primary N) is 1. The number of methoxy groups -OCH3 is 1. The van der Waals surface area contributed by atoms with Gasteiger partial charge in [-0.2, -0.15) is 10.4 Å². The smallest absolute Gasteiger partial charge is 0.229 e. The van der Waals surface area contributed by atoms with E-state index in [1.807, 2.05) is 50.2 Å². The molecule has 2 aromatic carbocycles. The molecular weight excluding hydrogens is 416 g/mol. The Morgan fingerprint density at radius 2 is 2.03 bits per heavy atom. The molecule has 4 rings (SSSR count). The molecule has 0 saturated carbocycles. The molecule has 0 amide bonds. The SMILES string of the molecule is CCOc1cc(C2C(C#N)=C(N)Oc3c2c(C)nn3-c2ccccc2)cc(Cl)c1OC. The van der Waals surface area contributed by atoms with E-state index in [2.05, 4.69) is 11.2 Å². The van der Waals surface area contributed by atoms with Gasteiger partial charge >= 0.3 is 0 Å². The minimum absolute atomic E-state index is 0.0296. The maximum absolute atomic E-state index is 9.89. The Hall–Kier alpha value is -3.63. The molecule has 0 saturated heterocycles. The highest BCUT2D eigenvalue weighted by Gasteiger charge is 2.37. The van der Waals surface area contributed by atoms with Crippen LogP contribution in [0.3, 0.4) is 0 Å². The number of rotatable bonds is 5. The first-order valence-electron chi connectivity index (χ1n) is 9.72. The van der Waals surface area contributed by atoms with Crippen LogP contribution in [-0.2, 0) is 0 Å². The first-order chi connectivity index (χ1) is 15.0. The summed E-state index contributed by atoms with van der Waals surface area (Å²) in [5.41, 5.74) is 9.48. The van der Waals surface area contributed by atoms with Gasteiger partial charge < -0.3 is 19.9 Å². The lowest BCUT2D eigenvalue weighted by Crippen LogP contribution is -2.22. The Labute approximate surface area is 185 Å². The molecule has 7 nitrogen and oxygen atoms in total. The van der Waals surface area contributed by atoms with Gasteiger partial charge in [-0.1, -0.05) is 29.8 Å². The molecule has 1 aliphatic heterocycles. The number of nitrogens with zero attached hydrogens (tertiary/aromatic N) is 3. The summed E-state index contributed by atoms with van der Waals surface area (Å²) in [6, 6.07) is 15.4. The number of benzene rings is 2. The van der Waals surface area contributed by atoms with Crippen molar-refractivity contribution < 1.29 is 14.2 Å². The maximum atomic E-state index is 9.89. The van der Waals surface area contributed by atoms with Gasteiger partial charge in [0.05, 0.1) is 41.6 Å². The fourth-order valence-electron chi connectivity index (χ4n) is 3.81. The number of fused-ring (bicyclic) bond motifs is 1. The van der Waals surface area contributed by atoms with Crippen LogP contribution in [0.5, 0.6) is 17.4 Å². The van der Waals surface area contributed by atoms with Crippen molar-refractivity contribution in [1.29, 1.82) is 5.26 Å². The zero-order valence-electron chi connectivity index (χ0n) is 17.3. The summed E-state index contributed by atoms with van der Waals surface area (Å²) in [7, 11) is 1.53. The van der Waals surface area contributed by atoms with Crippen LogP contribution in [0.1, 0.15) is 29.7 Å². The number of aromatic nitrogens is 2.